The van der Waals surface area contributed by atoms with Crippen molar-refractivity contribution in [3.05, 3.63) is 29.8 Å². The van der Waals surface area contributed by atoms with Crippen LogP contribution in [0.2, 0.25) is 0 Å². The fraction of sp³-hybridized carbons (Fsp3) is 0.562. The highest BCUT2D eigenvalue weighted by atomic mass is 16.5. The number of esters is 1. The first-order chi connectivity index (χ1) is 9.74. The third-order valence-corrected chi connectivity index (χ3v) is 4.03. The van der Waals surface area contributed by atoms with Crippen LogP contribution in [-0.4, -0.2) is 19.6 Å². The van der Waals surface area contributed by atoms with Gasteiger partial charge in [-0.1, -0.05) is 25.0 Å². The molecule has 0 amide bonds. The number of benzene rings is 1. The van der Waals surface area contributed by atoms with Gasteiger partial charge in [0.15, 0.2) is 0 Å². The molecule has 1 fully saturated rings. The normalized spacial score (nSPS) is 22.3. The average molecular weight is 277 g/mol. The highest BCUT2D eigenvalue weighted by molar-refractivity contribution is 5.73. The molecule has 1 aliphatic rings. The van der Waals surface area contributed by atoms with E-state index >= 15 is 0 Å². The fourth-order valence-electron chi connectivity index (χ4n) is 2.82. The third-order valence-electron chi connectivity index (χ3n) is 4.03. The molecule has 1 aromatic carbocycles. The highest BCUT2D eigenvalue weighted by Gasteiger charge is 2.31. The van der Waals surface area contributed by atoms with E-state index in [2.05, 4.69) is 0 Å². The van der Waals surface area contributed by atoms with E-state index in [1.54, 1.807) is 7.11 Å². The molecular formula is C16H23NO3. The summed E-state index contributed by atoms with van der Waals surface area (Å²) in [7, 11) is 1.62. The maximum Gasteiger partial charge on any atom is 0.309 e. The number of nitrogens with two attached hydrogens (primary N) is 1. The molecule has 20 heavy (non-hydrogen) atoms. The molecule has 0 saturated heterocycles. The monoisotopic (exact) mass is 277 g/mol. The largest absolute Gasteiger partial charge is 0.497 e. The van der Waals surface area contributed by atoms with E-state index in [0.717, 1.165) is 30.6 Å². The molecule has 4 heteroatoms. The van der Waals surface area contributed by atoms with Gasteiger partial charge in [-0.25, -0.2) is 0 Å². The van der Waals surface area contributed by atoms with Gasteiger partial charge in [-0.3, -0.25) is 4.79 Å². The smallest absolute Gasteiger partial charge is 0.309 e. The van der Waals surface area contributed by atoms with E-state index < -0.39 is 0 Å². The number of ether oxygens (including phenoxy) is 2. The number of carbonyl (C=O) groups excluding carboxylic acids is 1. The van der Waals surface area contributed by atoms with Crippen molar-refractivity contribution in [3.8, 4) is 5.75 Å². The molecule has 1 aliphatic carbocycles. The molecule has 0 bridgehead atoms. The lowest BCUT2D eigenvalue weighted by Crippen LogP contribution is -2.33. The zero-order valence-corrected chi connectivity index (χ0v) is 12.0. The fourth-order valence-corrected chi connectivity index (χ4v) is 2.82. The topological polar surface area (TPSA) is 61.5 Å². The van der Waals surface area contributed by atoms with E-state index in [1.165, 1.54) is 6.42 Å². The minimum Gasteiger partial charge on any atom is -0.497 e. The highest BCUT2D eigenvalue weighted by Crippen LogP contribution is 2.30. The standard InChI is InChI=1S/C16H23NO3/c1-19-14-7-4-5-12(9-14)11-20-16(18)15-8-3-2-6-13(15)10-17/h4-5,7,9,13,15H,2-3,6,8,10-11,17H2,1H3. The van der Waals surface area contributed by atoms with Crippen molar-refractivity contribution in [2.24, 2.45) is 17.6 Å². The summed E-state index contributed by atoms with van der Waals surface area (Å²) in [6.07, 6.45) is 4.20. The third kappa shape index (κ3) is 3.73. The van der Waals surface area contributed by atoms with Crippen molar-refractivity contribution < 1.29 is 14.3 Å². The molecule has 0 heterocycles. The summed E-state index contributed by atoms with van der Waals surface area (Å²) in [5, 5.41) is 0. The van der Waals surface area contributed by atoms with Gasteiger partial charge in [0.2, 0.25) is 0 Å². The lowest BCUT2D eigenvalue weighted by molar-refractivity contribution is -0.153. The van der Waals surface area contributed by atoms with Gasteiger partial charge in [0, 0.05) is 0 Å². The molecule has 0 aliphatic heterocycles. The Bertz CT molecular complexity index is 447. The first-order valence-electron chi connectivity index (χ1n) is 7.24. The Morgan fingerprint density at radius 3 is 2.90 bits per heavy atom. The summed E-state index contributed by atoms with van der Waals surface area (Å²) in [6, 6.07) is 7.58. The predicted molar refractivity (Wildman–Crippen MR) is 77.3 cm³/mol. The molecule has 2 rings (SSSR count). The Morgan fingerprint density at radius 1 is 1.35 bits per heavy atom. The Kier molecular flexibility index (Phi) is 5.41. The Morgan fingerprint density at radius 2 is 2.15 bits per heavy atom. The first kappa shape index (κ1) is 14.9. The summed E-state index contributed by atoms with van der Waals surface area (Å²) in [5.41, 5.74) is 6.69. The second kappa shape index (κ2) is 7.29. The average Bonchev–Trinajstić information content (AvgIpc) is 2.52. The lowest BCUT2D eigenvalue weighted by atomic mass is 9.79. The zero-order chi connectivity index (χ0) is 14.4. The summed E-state index contributed by atoms with van der Waals surface area (Å²) >= 11 is 0. The van der Waals surface area contributed by atoms with Gasteiger partial charge in [-0.15, -0.1) is 0 Å². The number of rotatable bonds is 5. The Labute approximate surface area is 120 Å². The van der Waals surface area contributed by atoms with E-state index in [-0.39, 0.29) is 17.8 Å². The van der Waals surface area contributed by atoms with E-state index in [9.17, 15) is 4.79 Å². The molecule has 1 aromatic rings. The minimum atomic E-state index is -0.108. The molecule has 0 aromatic heterocycles. The number of methoxy groups -OCH3 is 1. The van der Waals surface area contributed by atoms with Crippen molar-refractivity contribution in [3.63, 3.8) is 0 Å². The molecular weight excluding hydrogens is 254 g/mol. The van der Waals surface area contributed by atoms with Gasteiger partial charge in [0.25, 0.3) is 0 Å². The van der Waals surface area contributed by atoms with Crippen molar-refractivity contribution in [1.29, 1.82) is 0 Å². The molecule has 4 nitrogen and oxygen atoms in total. The predicted octanol–water partition coefficient (Wildman–Crippen LogP) is 2.50. The van der Waals surface area contributed by atoms with Gasteiger partial charge in [-0.05, 0) is 43.0 Å². The Balaban J connectivity index is 1.90. The van der Waals surface area contributed by atoms with Gasteiger partial charge in [-0.2, -0.15) is 0 Å². The van der Waals surface area contributed by atoms with Crippen LogP contribution >= 0.6 is 0 Å². The van der Waals surface area contributed by atoms with Crippen molar-refractivity contribution in [1.82, 2.24) is 0 Å². The maximum atomic E-state index is 12.2. The summed E-state index contributed by atoms with van der Waals surface area (Å²) in [4.78, 5) is 12.2. The first-order valence-corrected chi connectivity index (χ1v) is 7.24. The number of carbonyl (C=O) groups is 1. The van der Waals surface area contributed by atoms with E-state index in [1.807, 2.05) is 24.3 Å². The van der Waals surface area contributed by atoms with Crippen molar-refractivity contribution in [2.45, 2.75) is 32.3 Å². The van der Waals surface area contributed by atoms with Crippen LogP contribution in [0.3, 0.4) is 0 Å². The van der Waals surface area contributed by atoms with E-state index in [0.29, 0.717) is 13.2 Å². The van der Waals surface area contributed by atoms with Crippen molar-refractivity contribution in [2.75, 3.05) is 13.7 Å². The minimum absolute atomic E-state index is 0.0284. The maximum absolute atomic E-state index is 12.2. The van der Waals surface area contributed by atoms with Crippen LogP contribution in [0.25, 0.3) is 0 Å². The Hall–Kier alpha value is -1.55. The number of hydrogen-bond acceptors (Lipinski definition) is 4. The number of hydrogen-bond donors (Lipinski definition) is 1. The van der Waals surface area contributed by atoms with Gasteiger partial charge in [0.1, 0.15) is 12.4 Å². The van der Waals surface area contributed by atoms with Crippen molar-refractivity contribution >= 4 is 5.97 Å². The van der Waals surface area contributed by atoms with Gasteiger partial charge < -0.3 is 15.2 Å². The van der Waals surface area contributed by atoms with Crippen LogP contribution in [-0.2, 0) is 16.1 Å². The molecule has 0 spiro atoms. The second-order valence-electron chi connectivity index (χ2n) is 5.35. The van der Waals surface area contributed by atoms with Gasteiger partial charge in [0.05, 0.1) is 13.0 Å². The molecule has 0 radical (unpaired) electrons. The van der Waals surface area contributed by atoms with Crippen LogP contribution in [0.4, 0.5) is 0 Å². The molecule has 110 valence electrons. The van der Waals surface area contributed by atoms with Crippen LogP contribution < -0.4 is 10.5 Å². The second-order valence-corrected chi connectivity index (χ2v) is 5.35. The molecule has 1 saturated carbocycles. The van der Waals surface area contributed by atoms with Crippen LogP contribution in [0.15, 0.2) is 24.3 Å². The summed E-state index contributed by atoms with van der Waals surface area (Å²) in [5.74, 6) is 0.917. The lowest BCUT2D eigenvalue weighted by Gasteiger charge is -2.28. The van der Waals surface area contributed by atoms with Crippen LogP contribution in [0.5, 0.6) is 5.75 Å². The molecule has 2 unspecified atom stereocenters. The summed E-state index contributed by atoms with van der Waals surface area (Å²) in [6.45, 7) is 0.864. The summed E-state index contributed by atoms with van der Waals surface area (Å²) < 4.78 is 10.6. The molecule has 2 atom stereocenters. The van der Waals surface area contributed by atoms with E-state index in [4.69, 9.17) is 15.2 Å². The van der Waals surface area contributed by atoms with Gasteiger partial charge >= 0.3 is 5.97 Å². The van der Waals surface area contributed by atoms with Crippen LogP contribution in [0, 0.1) is 11.8 Å². The van der Waals surface area contributed by atoms with Crippen LogP contribution in [0.1, 0.15) is 31.2 Å². The quantitative estimate of drug-likeness (QED) is 0.840. The SMILES string of the molecule is COc1cccc(COC(=O)C2CCCCC2CN)c1. The molecule has 2 N–H and O–H groups in total. The zero-order valence-electron chi connectivity index (χ0n) is 12.0.